The fourth-order valence-corrected chi connectivity index (χ4v) is 3.75. The van der Waals surface area contributed by atoms with Crippen LogP contribution >= 0.6 is 0 Å². The number of likely N-dealkylation sites (N-methyl/N-ethyl adjacent to an activating group) is 1. The second-order valence-electron chi connectivity index (χ2n) is 7.89. The fraction of sp³-hybridized carbons (Fsp3) is 0.522. The molecule has 174 valence electrons. The van der Waals surface area contributed by atoms with E-state index in [9.17, 15) is 4.79 Å². The molecule has 2 aromatic rings. The summed E-state index contributed by atoms with van der Waals surface area (Å²) < 4.78 is 5.74. The number of nitrogens with zero attached hydrogens (tertiary/aromatic N) is 4. The van der Waals surface area contributed by atoms with E-state index in [1.165, 1.54) is 0 Å². The van der Waals surface area contributed by atoms with Gasteiger partial charge < -0.3 is 25.8 Å². The topological polar surface area (TPSA) is 112 Å². The number of rotatable bonds is 9. The Kier molecular flexibility index (Phi) is 8.24. The Morgan fingerprint density at radius 1 is 1.25 bits per heavy atom. The quantitative estimate of drug-likeness (QED) is 0.405. The van der Waals surface area contributed by atoms with Crippen molar-refractivity contribution < 1.29 is 9.53 Å². The van der Waals surface area contributed by atoms with E-state index in [0.29, 0.717) is 29.3 Å². The molecule has 1 aromatic carbocycles. The molecular weight excluding hydrogens is 406 g/mol. The van der Waals surface area contributed by atoms with Crippen molar-refractivity contribution in [3.8, 4) is 5.75 Å². The first-order valence-corrected chi connectivity index (χ1v) is 11.4. The number of ether oxygens (including phenoxy) is 1. The molecule has 0 spiro atoms. The third-order valence-corrected chi connectivity index (χ3v) is 5.51. The van der Waals surface area contributed by atoms with Gasteiger partial charge >= 0.3 is 0 Å². The second-order valence-corrected chi connectivity index (χ2v) is 7.89. The minimum atomic E-state index is -0.463. The summed E-state index contributed by atoms with van der Waals surface area (Å²) in [6, 6.07) is 5.68. The summed E-state index contributed by atoms with van der Waals surface area (Å²) in [5.74, 6) is 1.02. The number of imidazole rings is 1. The number of aryl methyl sites for hydroxylation is 2. The van der Waals surface area contributed by atoms with Crippen LogP contribution in [0.4, 0.5) is 5.69 Å². The van der Waals surface area contributed by atoms with Gasteiger partial charge in [0.2, 0.25) is 0 Å². The summed E-state index contributed by atoms with van der Waals surface area (Å²) in [4.78, 5) is 26.9. The first-order chi connectivity index (χ1) is 15.4. The number of hydrazine groups is 1. The van der Waals surface area contributed by atoms with Gasteiger partial charge in [-0.2, -0.15) is 4.99 Å². The third-order valence-electron chi connectivity index (χ3n) is 5.51. The highest BCUT2D eigenvalue weighted by Crippen LogP contribution is 2.24. The standard InChI is InChI=1S/C23H35N7O2/c1-5-8-20-25-16(4)21(26-20)23(31)27-22(24)18-15-17(9-10-19(18)32-7-3)28-30-13-11-29(6-2)12-14-30/h9-10,15,28H,5-8,11-14H2,1-4H3,(H,25,26)(H2,24,27,31). The number of anilines is 1. The molecule has 3 rings (SSSR count). The smallest absolute Gasteiger partial charge is 0.299 e. The normalized spacial score (nSPS) is 15.7. The molecule has 0 aliphatic carbocycles. The highest BCUT2D eigenvalue weighted by molar-refractivity contribution is 6.10. The third kappa shape index (κ3) is 5.86. The number of carbonyl (C=O) groups is 1. The highest BCUT2D eigenvalue weighted by Gasteiger charge is 2.18. The number of amidine groups is 1. The Balaban J connectivity index is 1.81. The Hall–Kier alpha value is -2.91. The number of aliphatic imine (C=N–C) groups is 1. The van der Waals surface area contributed by atoms with E-state index in [2.05, 4.69) is 44.1 Å². The van der Waals surface area contributed by atoms with Crippen LogP contribution in [0.2, 0.25) is 0 Å². The number of hydrogen-bond acceptors (Lipinski definition) is 6. The van der Waals surface area contributed by atoms with Gasteiger partial charge in [0.25, 0.3) is 5.91 Å². The van der Waals surface area contributed by atoms with Crippen LogP contribution in [0.25, 0.3) is 0 Å². The predicted octanol–water partition coefficient (Wildman–Crippen LogP) is 2.58. The maximum absolute atomic E-state index is 12.8. The average Bonchev–Trinajstić information content (AvgIpc) is 3.16. The van der Waals surface area contributed by atoms with Crippen molar-refractivity contribution in [2.45, 2.75) is 40.5 Å². The largest absolute Gasteiger partial charge is 0.493 e. The molecule has 1 saturated heterocycles. The van der Waals surface area contributed by atoms with E-state index >= 15 is 0 Å². The molecule has 9 heteroatoms. The SMILES string of the molecule is CCCc1nc(C(=O)N=C(N)c2cc(NN3CCN(CC)CC3)ccc2OCC)c(C)[nH]1. The van der Waals surface area contributed by atoms with Crippen molar-refractivity contribution >= 4 is 17.4 Å². The van der Waals surface area contributed by atoms with Crippen LogP contribution in [0, 0.1) is 6.92 Å². The van der Waals surface area contributed by atoms with Crippen LogP contribution < -0.4 is 15.9 Å². The van der Waals surface area contributed by atoms with Crippen LogP contribution in [-0.4, -0.2) is 71.0 Å². The van der Waals surface area contributed by atoms with Crippen molar-refractivity contribution in [3.05, 3.63) is 41.0 Å². The van der Waals surface area contributed by atoms with E-state index < -0.39 is 5.91 Å². The summed E-state index contributed by atoms with van der Waals surface area (Å²) in [5.41, 5.74) is 12.2. The number of aromatic amines is 1. The van der Waals surface area contributed by atoms with Crippen LogP contribution in [0.1, 0.15) is 54.8 Å². The highest BCUT2D eigenvalue weighted by atomic mass is 16.5. The van der Waals surface area contributed by atoms with E-state index in [-0.39, 0.29) is 5.84 Å². The van der Waals surface area contributed by atoms with E-state index in [0.717, 1.165) is 57.1 Å². The van der Waals surface area contributed by atoms with Gasteiger partial charge in [-0.15, -0.1) is 0 Å². The average molecular weight is 442 g/mol. The molecule has 1 aliphatic rings. The molecule has 4 N–H and O–H groups in total. The molecule has 1 aromatic heterocycles. The van der Waals surface area contributed by atoms with Crippen molar-refractivity contribution in [3.63, 3.8) is 0 Å². The summed E-state index contributed by atoms with van der Waals surface area (Å²) in [6.07, 6.45) is 1.72. The van der Waals surface area contributed by atoms with Crippen molar-refractivity contribution in [1.29, 1.82) is 0 Å². The maximum Gasteiger partial charge on any atom is 0.299 e. The van der Waals surface area contributed by atoms with Gasteiger partial charge in [-0.1, -0.05) is 13.8 Å². The number of nitrogens with one attached hydrogen (secondary N) is 2. The lowest BCUT2D eigenvalue weighted by atomic mass is 10.1. The number of aromatic nitrogens is 2. The fourth-order valence-electron chi connectivity index (χ4n) is 3.75. The summed E-state index contributed by atoms with van der Waals surface area (Å²) >= 11 is 0. The summed E-state index contributed by atoms with van der Waals surface area (Å²) in [5, 5.41) is 2.19. The first kappa shape index (κ1) is 23.7. The zero-order valence-corrected chi connectivity index (χ0v) is 19.6. The Labute approximate surface area is 190 Å². The molecule has 9 nitrogen and oxygen atoms in total. The monoisotopic (exact) mass is 441 g/mol. The Morgan fingerprint density at radius 3 is 2.66 bits per heavy atom. The van der Waals surface area contributed by atoms with Crippen molar-refractivity contribution in [2.24, 2.45) is 10.7 Å². The molecule has 32 heavy (non-hydrogen) atoms. The van der Waals surface area contributed by atoms with Gasteiger partial charge in [0, 0.05) is 44.0 Å². The first-order valence-electron chi connectivity index (χ1n) is 11.4. The number of benzene rings is 1. The lowest BCUT2D eigenvalue weighted by molar-refractivity contribution is 0.0998. The molecule has 2 heterocycles. The van der Waals surface area contributed by atoms with E-state index in [1.807, 2.05) is 32.0 Å². The zero-order chi connectivity index (χ0) is 23.1. The number of carbonyl (C=O) groups excluding carboxylic acids is 1. The van der Waals surface area contributed by atoms with Gasteiger partial charge in [-0.3, -0.25) is 4.79 Å². The molecule has 1 aliphatic heterocycles. The van der Waals surface area contributed by atoms with Gasteiger partial charge in [-0.05, 0) is 45.0 Å². The van der Waals surface area contributed by atoms with Crippen molar-refractivity contribution in [2.75, 3.05) is 44.8 Å². The van der Waals surface area contributed by atoms with Crippen LogP contribution in [0.15, 0.2) is 23.2 Å². The van der Waals surface area contributed by atoms with Gasteiger partial charge in [-0.25, -0.2) is 9.99 Å². The number of piperazine rings is 1. The number of H-pyrrole nitrogens is 1. The number of amides is 1. The molecule has 1 amide bonds. The van der Waals surface area contributed by atoms with Gasteiger partial charge in [0.1, 0.15) is 17.4 Å². The zero-order valence-electron chi connectivity index (χ0n) is 19.6. The predicted molar refractivity (Wildman–Crippen MR) is 127 cm³/mol. The molecule has 0 unspecified atom stereocenters. The lowest BCUT2D eigenvalue weighted by Crippen LogP contribution is -2.48. The summed E-state index contributed by atoms with van der Waals surface area (Å²) in [7, 11) is 0. The molecule has 0 saturated carbocycles. The minimum absolute atomic E-state index is 0.109. The Morgan fingerprint density at radius 2 is 2.00 bits per heavy atom. The van der Waals surface area contributed by atoms with E-state index in [4.69, 9.17) is 10.5 Å². The minimum Gasteiger partial charge on any atom is -0.493 e. The molecular formula is C23H35N7O2. The molecule has 1 fully saturated rings. The van der Waals surface area contributed by atoms with Crippen LogP contribution in [-0.2, 0) is 6.42 Å². The van der Waals surface area contributed by atoms with Gasteiger partial charge in [0.15, 0.2) is 5.69 Å². The summed E-state index contributed by atoms with van der Waals surface area (Å²) in [6.45, 7) is 13.4. The molecule has 0 bridgehead atoms. The second kappa shape index (κ2) is 11.1. The molecule has 0 atom stereocenters. The van der Waals surface area contributed by atoms with E-state index in [1.54, 1.807) is 0 Å². The van der Waals surface area contributed by atoms with Crippen LogP contribution in [0.3, 0.4) is 0 Å². The van der Waals surface area contributed by atoms with Gasteiger partial charge in [0.05, 0.1) is 12.2 Å². The maximum atomic E-state index is 12.8. The Bertz CT molecular complexity index is 946. The van der Waals surface area contributed by atoms with Crippen LogP contribution in [0.5, 0.6) is 5.75 Å². The van der Waals surface area contributed by atoms with Crippen molar-refractivity contribution in [1.82, 2.24) is 19.9 Å². The molecule has 0 radical (unpaired) electrons. The number of nitrogens with two attached hydrogens (primary N) is 1. The number of hydrogen-bond donors (Lipinski definition) is 3. The lowest BCUT2D eigenvalue weighted by Gasteiger charge is -2.34.